The van der Waals surface area contributed by atoms with Gasteiger partial charge in [-0.15, -0.1) is 10.2 Å². The van der Waals surface area contributed by atoms with Crippen LogP contribution >= 0.6 is 0 Å². The van der Waals surface area contributed by atoms with Crippen molar-refractivity contribution in [2.24, 2.45) is 0 Å². The van der Waals surface area contributed by atoms with E-state index in [0.29, 0.717) is 12.4 Å². The van der Waals surface area contributed by atoms with Gasteiger partial charge < -0.3 is 5.32 Å². The third-order valence-corrected chi connectivity index (χ3v) is 3.03. The molecule has 0 spiro atoms. The van der Waals surface area contributed by atoms with Gasteiger partial charge in [-0.2, -0.15) is 4.80 Å². The molecule has 0 radical (unpaired) electrons. The molecular weight excluding hydrogens is 264 g/mol. The van der Waals surface area contributed by atoms with Gasteiger partial charge in [-0.25, -0.2) is 0 Å². The average molecular weight is 280 g/mol. The first-order valence-corrected chi connectivity index (χ1v) is 6.85. The van der Waals surface area contributed by atoms with Crippen molar-refractivity contribution in [3.05, 3.63) is 60.4 Å². The van der Waals surface area contributed by atoms with Gasteiger partial charge >= 0.3 is 0 Å². The summed E-state index contributed by atoms with van der Waals surface area (Å²) in [6, 6.07) is 13.8. The van der Waals surface area contributed by atoms with Gasteiger partial charge in [-0.3, -0.25) is 4.98 Å². The van der Waals surface area contributed by atoms with Crippen molar-refractivity contribution in [2.75, 3.05) is 6.54 Å². The number of aromatic nitrogens is 5. The fourth-order valence-electron chi connectivity index (χ4n) is 1.96. The minimum absolute atomic E-state index is 0.655. The predicted molar refractivity (Wildman–Crippen MR) is 79.2 cm³/mol. The highest BCUT2D eigenvalue weighted by molar-refractivity contribution is 5.52. The number of hydrogen-bond acceptors (Lipinski definition) is 5. The molecular formula is C15H16N6. The van der Waals surface area contributed by atoms with E-state index in [2.05, 4.69) is 25.7 Å². The number of nitrogens with one attached hydrogen (secondary N) is 1. The maximum Gasteiger partial charge on any atom is 0.204 e. The van der Waals surface area contributed by atoms with Crippen LogP contribution < -0.4 is 5.32 Å². The molecule has 0 aliphatic heterocycles. The normalized spacial score (nSPS) is 10.7. The number of rotatable bonds is 6. The summed E-state index contributed by atoms with van der Waals surface area (Å²) in [6.07, 6.45) is 3.63. The molecule has 0 aliphatic carbocycles. The van der Waals surface area contributed by atoms with E-state index in [-0.39, 0.29) is 0 Å². The molecule has 0 aliphatic rings. The Balaban J connectivity index is 1.49. The maximum atomic E-state index is 4.37. The topological polar surface area (TPSA) is 68.5 Å². The van der Waals surface area contributed by atoms with Crippen molar-refractivity contribution in [3.8, 4) is 11.4 Å². The molecule has 1 aromatic carbocycles. The molecule has 0 bridgehead atoms. The number of nitrogens with zero attached hydrogens (tertiary/aromatic N) is 5. The summed E-state index contributed by atoms with van der Waals surface area (Å²) in [5.74, 6) is 0.655. The molecule has 2 heterocycles. The lowest BCUT2D eigenvalue weighted by Gasteiger charge is -2.03. The molecule has 2 aromatic heterocycles. The van der Waals surface area contributed by atoms with Crippen LogP contribution in [0.25, 0.3) is 11.4 Å². The van der Waals surface area contributed by atoms with Crippen molar-refractivity contribution in [1.29, 1.82) is 0 Å². The number of tetrazole rings is 1. The summed E-state index contributed by atoms with van der Waals surface area (Å²) in [5, 5.41) is 15.8. The van der Waals surface area contributed by atoms with Gasteiger partial charge in [0, 0.05) is 31.0 Å². The lowest BCUT2D eigenvalue weighted by atomic mass is 10.2. The molecule has 0 unspecified atom stereocenters. The maximum absolute atomic E-state index is 4.37. The molecule has 6 nitrogen and oxygen atoms in total. The summed E-state index contributed by atoms with van der Waals surface area (Å²) < 4.78 is 0. The van der Waals surface area contributed by atoms with Crippen molar-refractivity contribution >= 4 is 0 Å². The number of pyridine rings is 1. The van der Waals surface area contributed by atoms with Crippen molar-refractivity contribution < 1.29 is 0 Å². The van der Waals surface area contributed by atoms with Crippen LogP contribution in [0.4, 0.5) is 0 Å². The second-order valence-corrected chi connectivity index (χ2v) is 4.61. The van der Waals surface area contributed by atoms with E-state index in [1.54, 1.807) is 11.0 Å². The zero-order chi connectivity index (χ0) is 14.3. The molecule has 0 saturated carbocycles. The minimum atomic E-state index is 0.655. The molecule has 0 atom stereocenters. The van der Waals surface area contributed by atoms with Crippen LogP contribution in [0.2, 0.25) is 0 Å². The molecule has 3 aromatic rings. The quantitative estimate of drug-likeness (QED) is 0.693. The lowest BCUT2D eigenvalue weighted by Crippen LogP contribution is -2.20. The molecule has 6 heteroatoms. The number of benzene rings is 1. The van der Waals surface area contributed by atoms with Crippen molar-refractivity contribution in [2.45, 2.75) is 13.1 Å². The monoisotopic (exact) mass is 280 g/mol. The summed E-state index contributed by atoms with van der Waals surface area (Å²) in [7, 11) is 0. The van der Waals surface area contributed by atoms with Gasteiger partial charge in [0.2, 0.25) is 5.82 Å². The Hall–Kier alpha value is -2.60. The number of hydrogen-bond donors (Lipinski definition) is 1. The third-order valence-electron chi connectivity index (χ3n) is 3.03. The van der Waals surface area contributed by atoms with Gasteiger partial charge in [0.15, 0.2) is 0 Å². The summed E-state index contributed by atoms with van der Waals surface area (Å²) in [4.78, 5) is 5.69. The van der Waals surface area contributed by atoms with Crippen LogP contribution in [0.5, 0.6) is 0 Å². The highest BCUT2D eigenvalue weighted by Gasteiger charge is 2.04. The molecule has 0 amide bonds. The van der Waals surface area contributed by atoms with Crippen molar-refractivity contribution in [3.63, 3.8) is 0 Å². The molecule has 3 rings (SSSR count). The van der Waals surface area contributed by atoms with Gasteiger partial charge in [-0.05, 0) is 16.8 Å². The van der Waals surface area contributed by atoms with E-state index in [0.717, 1.165) is 24.2 Å². The fourth-order valence-corrected chi connectivity index (χ4v) is 1.96. The second-order valence-electron chi connectivity index (χ2n) is 4.61. The van der Waals surface area contributed by atoms with Crippen LogP contribution in [0.15, 0.2) is 54.9 Å². The molecule has 0 saturated heterocycles. The van der Waals surface area contributed by atoms with Crippen LogP contribution in [-0.2, 0) is 13.1 Å². The van der Waals surface area contributed by atoms with E-state index in [1.165, 1.54) is 0 Å². The average Bonchev–Trinajstić information content (AvgIpc) is 3.02. The Labute approximate surface area is 122 Å². The summed E-state index contributed by atoms with van der Waals surface area (Å²) >= 11 is 0. The van der Waals surface area contributed by atoms with Crippen LogP contribution in [0, 0.1) is 0 Å². The van der Waals surface area contributed by atoms with Crippen LogP contribution in [0.3, 0.4) is 0 Å². The van der Waals surface area contributed by atoms with Crippen LogP contribution in [0.1, 0.15) is 5.56 Å². The molecule has 1 N–H and O–H groups in total. The molecule has 21 heavy (non-hydrogen) atoms. The Morgan fingerprint density at radius 1 is 1.05 bits per heavy atom. The van der Waals surface area contributed by atoms with E-state index in [1.807, 2.05) is 48.7 Å². The molecule has 106 valence electrons. The fraction of sp³-hybridized carbons (Fsp3) is 0.200. The minimum Gasteiger partial charge on any atom is -0.311 e. The second kappa shape index (κ2) is 6.71. The first kappa shape index (κ1) is 13.4. The van der Waals surface area contributed by atoms with E-state index >= 15 is 0 Å². The Kier molecular flexibility index (Phi) is 4.28. The van der Waals surface area contributed by atoms with Gasteiger partial charge in [0.1, 0.15) is 0 Å². The Morgan fingerprint density at radius 2 is 1.95 bits per heavy atom. The summed E-state index contributed by atoms with van der Waals surface area (Å²) in [6.45, 7) is 2.24. The first-order valence-electron chi connectivity index (χ1n) is 6.85. The van der Waals surface area contributed by atoms with Gasteiger partial charge in [0.05, 0.1) is 6.54 Å². The van der Waals surface area contributed by atoms with Crippen molar-refractivity contribution in [1.82, 2.24) is 30.5 Å². The standard InChI is InChI=1S/C15H16N6/c1-2-6-14(7-3-1)15-18-20-21(19-15)10-9-17-12-13-5-4-8-16-11-13/h1-8,11,17H,9-10,12H2. The highest BCUT2D eigenvalue weighted by Crippen LogP contribution is 2.11. The Bertz CT molecular complexity index is 665. The van der Waals surface area contributed by atoms with E-state index in [4.69, 9.17) is 0 Å². The molecule has 0 fully saturated rings. The lowest BCUT2D eigenvalue weighted by molar-refractivity contribution is 0.491. The van der Waals surface area contributed by atoms with Gasteiger partial charge in [-0.1, -0.05) is 36.4 Å². The van der Waals surface area contributed by atoms with Crippen LogP contribution in [-0.4, -0.2) is 31.7 Å². The highest BCUT2D eigenvalue weighted by atomic mass is 15.6. The summed E-state index contributed by atoms with van der Waals surface area (Å²) in [5.41, 5.74) is 2.14. The van der Waals surface area contributed by atoms with Gasteiger partial charge in [0.25, 0.3) is 0 Å². The smallest absolute Gasteiger partial charge is 0.204 e. The largest absolute Gasteiger partial charge is 0.311 e. The SMILES string of the molecule is c1ccc(-c2nnn(CCNCc3cccnc3)n2)cc1. The Morgan fingerprint density at radius 3 is 2.76 bits per heavy atom. The third kappa shape index (κ3) is 3.70. The zero-order valence-electron chi connectivity index (χ0n) is 11.6. The van der Waals surface area contributed by atoms with E-state index in [9.17, 15) is 0 Å². The predicted octanol–water partition coefficient (Wildman–Crippen LogP) is 1.52. The van der Waals surface area contributed by atoms with E-state index < -0.39 is 0 Å². The first-order chi connectivity index (χ1) is 10.4. The zero-order valence-corrected chi connectivity index (χ0v) is 11.6.